The molecule has 0 aromatic rings. The molecule has 100 valence electrons. The molecule has 0 aromatic carbocycles. The average Bonchev–Trinajstić information content (AvgIpc) is 2.13. The monoisotopic (exact) mass is 249 g/mol. The van der Waals surface area contributed by atoms with Crippen LogP contribution in [0.5, 0.6) is 0 Å². The van der Waals surface area contributed by atoms with E-state index in [-0.39, 0.29) is 13.4 Å². The van der Waals surface area contributed by atoms with Gasteiger partial charge in [0.15, 0.2) is 6.04 Å². The lowest BCUT2D eigenvalue weighted by Crippen LogP contribution is -2.46. The van der Waals surface area contributed by atoms with Crippen LogP contribution < -0.4 is 5.32 Å². The Balaban J connectivity index is 4.16. The van der Waals surface area contributed by atoms with Crippen molar-refractivity contribution in [1.82, 2.24) is 5.32 Å². The van der Waals surface area contributed by atoms with Gasteiger partial charge >= 0.3 is 12.1 Å². The molecule has 0 saturated carbocycles. The summed E-state index contributed by atoms with van der Waals surface area (Å²) in [6, 6.07) is -1.17. The van der Waals surface area contributed by atoms with E-state index in [2.05, 4.69) is 10.1 Å². The van der Waals surface area contributed by atoms with E-state index in [1.54, 1.807) is 20.8 Å². The molecule has 0 aliphatic rings. The number of carbonyl (C=O) groups excluding carboxylic acids is 1. The molecule has 0 aromatic heterocycles. The molecule has 0 bridgehead atoms. The molecule has 0 spiro atoms. The number of nitrogens with one attached hydrogen (secondary N) is 1. The summed E-state index contributed by atoms with van der Waals surface area (Å²) in [5.74, 6) is -1.20. The lowest BCUT2D eigenvalue weighted by atomic mass is 10.2. The zero-order chi connectivity index (χ0) is 13.5. The molecule has 0 unspecified atom stereocenters. The van der Waals surface area contributed by atoms with Crippen LogP contribution in [-0.4, -0.2) is 49.3 Å². The number of carboxylic acids is 1. The molecular weight excluding hydrogens is 230 g/mol. The van der Waals surface area contributed by atoms with Gasteiger partial charge in [-0.1, -0.05) is 0 Å². The van der Waals surface area contributed by atoms with Crippen molar-refractivity contribution in [3.05, 3.63) is 0 Å². The summed E-state index contributed by atoms with van der Waals surface area (Å²) in [4.78, 5) is 22.1. The predicted molar refractivity (Wildman–Crippen MR) is 58.6 cm³/mol. The maximum Gasteiger partial charge on any atom is 0.408 e. The number of carbonyl (C=O) groups is 2. The zero-order valence-electron chi connectivity index (χ0n) is 10.5. The van der Waals surface area contributed by atoms with Crippen LogP contribution in [0.25, 0.3) is 0 Å². The molecule has 0 radical (unpaired) electrons. The first-order valence-corrected chi connectivity index (χ1v) is 5.05. The van der Waals surface area contributed by atoms with Gasteiger partial charge in [0.2, 0.25) is 0 Å². The van der Waals surface area contributed by atoms with E-state index in [0.29, 0.717) is 0 Å². The Hall–Kier alpha value is -1.34. The summed E-state index contributed by atoms with van der Waals surface area (Å²) < 4.78 is 14.4. The summed E-state index contributed by atoms with van der Waals surface area (Å²) in [5, 5.41) is 11.0. The number of hydrogen-bond donors (Lipinski definition) is 2. The van der Waals surface area contributed by atoms with Crippen molar-refractivity contribution in [2.75, 3.05) is 20.5 Å². The van der Waals surface area contributed by atoms with Gasteiger partial charge in [0.25, 0.3) is 0 Å². The number of amides is 1. The predicted octanol–water partition coefficient (Wildman–Crippen LogP) is 0.585. The molecule has 1 amide bonds. The van der Waals surface area contributed by atoms with Gasteiger partial charge in [0.1, 0.15) is 12.4 Å². The Bertz CT molecular complexity index is 260. The fourth-order valence-corrected chi connectivity index (χ4v) is 0.874. The lowest BCUT2D eigenvalue weighted by molar-refractivity contribution is -0.142. The van der Waals surface area contributed by atoms with Crippen molar-refractivity contribution >= 4 is 12.1 Å². The molecular formula is C10H19NO6. The summed E-state index contributed by atoms with van der Waals surface area (Å²) >= 11 is 0. The molecule has 0 aliphatic heterocycles. The highest BCUT2D eigenvalue weighted by molar-refractivity contribution is 5.80. The summed E-state index contributed by atoms with van der Waals surface area (Å²) in [7, 11) is 1.41. The van der Waals surface area contributed by atoms with Gasteiger partial charge in [0, 0.05) is 7.11 Å². The number of aliphatic carboxylic acids is 1. The minimum absolute atomic E-state index is 0.0419. The number of rotatable bonds is 6. The van der Waals surface area contributed by atoms with Gasteiger partial charge in [-0.15, -0.1) is 0 Å². The van der Waals surface area contributed by atoms with E-state index in [1.807, 2.05) is 0 Å². The molecule has 17 heavy (non-hydrogen) atoms. The Morgan fingerprint density at radius 3 is 2.35 bits per heavy atom. The van der Waals surface area contributed by atoms with Gasteiger partial charge in [-0.25, -0.2) is 9.59 Å². The van der Waals surface area contributed by atoms with Crippen molar-refractivity contribution in [1.29, 1.82) is 0 Å². The van der Waals surface area contributed by atoms with E-state index >= 15 is 0 Å². The maximum atomic E-state index is 11.3. The largest absolute Gasteiger partial charge is 0.480 e. The quantitative estimate of drug-likeness (QED) is 0.528. The molecule has 7 nitrogen and oxygen atoms in total. The van der Waals surface area contributed by atoms with Crippen molar-refractivity contribution < 1.29 is 28.9 Å². The first kappa shape index (κ1) is 15.7. The van der Waals surface area contributed by atoms with Crippen LogP contribution in [-0.2, 0) is 19.0 Å². The zero-order valence-corrected chi connectivity index (χ0v) is 10.5. The average molecular weight is 249 g/mol. The lowest BCUT2D eigenvalue weighted by Gasteiger charge is -2.21. The van der Waals surface area contributed by atoms with Gasteiger partial charge in [-0.3, -0.25) is 0 Å². The van der Waals surface area contributed by atoms with Crippen molar-refractivity contribution in [2.24, 2.45) is 0 Å². The second kappa shape index (κ2) is 7.08. The van der Waals surface area contributed by atoms with Crippen LogP contribution in [0.1, 0.15) is 20.8 Å². The Morgan fingerprint density at radius 2 is 1.94 bits per heavy atom. The van der Waals surface area contributed by atoms with Crippen molar-refractivity contribution in [3.8, 4) is 0 Å². The third kappa shape index (κ3) is 8.47. The van der Waals surface area contributed by atoms with Crippen molar-refractivity contribution in [3.63, 3.8) is 0 Å². The first-order valence-electron chi connectivity index (χ1n) is 5.05. The number of carboxylic acid groups (broad SMARTS) is 1. The van der Waals surface area contributed by atoms with E-state index in [0.717, 1.165) is 0 Å². The molecule has 1 atom stereocenters. The van der Waals surface area contributed by atoms with Crippen LogP contribution in [0.2, 0.25) is 0 Å². The normalized spacial score (nSPS) is 12.9. The van der Waals surface area contributed by atoms with Gasteiger partial charge in [-0.05, 0) is 20.8 Å². The molecule has 7 heteroatoms. The first-order chi connectivity index (χ1) is 7.76. The smallest absolute Gasteiger partial charge is 0.408 e. The number of ether oxygens (including phenoxy) is 3. The molecule has 0 saturated heterocycles. The number of methoxy groups -OCH3 is 1. The summed E-state index contributed by atoms with van der Waals surface area (Å²) in [5.41, 5.74) is -0.680. The standard InChI is InChI=1S/C10H19NO6/c1-10(2,3)17-9(14)11-7(8(12)13)5-16-6-15-4/h7H,5-6H2,1-4H3,(H,11,14)(H,12,13)/t7-/m0/s1. The fraction of sp³-hybridized carbons (Fsp3) is 0.800. The minimum atomic E-state index is -1.20. The Morgan fingerprint density at radius 1 is 1.35 bits per heavy atom. The van der Waals surface area contributed by atoms with Crippen LogP contribution in [0.15, 0.2) is 0 Å². The highest BCUT2D eigenvalue weighted by atomic mass is 16.7. The van der Waals surface area contributed by atoms with Gasteiger partial charge in [-0.2, -0.15) is 0 Å². The Labute approximate surface area is 100 Å². The molecule has 0 rings (SSSR count). The van der Waals surface area contributed by atoms with Crippen LogP contribution >= 0.6 is 0 Å². The van der Waals surface area contributed by atoms with Gasteiger partial charge < -0.3 is 24.6 Å². The van der Waals surface area contributed by atoms with E-state index in [9.17, 15) is 9.59 Å². The van der Waals surface area contributed by atoms with Gasteiger partial charge in [0.05, 0.1) is 6.61 Å². The molecule has 0 heterocycles. The molecule has 2 N–H and O–H groups in total. The third-order valence-corrected chi connectivity index (χ3v) is 1.47. The van der Waals surface area contributed by atoms with Crippen LogP contribution in [0.4, 0.5) is 4.79 Å². The molecule has 0 fully saturated rings. The SMILES string of the molecule is COCOC[C@H](NC(=O)OC(C)(C)C)C(=O)O. The summed E-state index contributed by atoms with van der Waals surface area (Å²) in [6.07, 6.45) is -0.800. The third-order valence-electron chi connectivity index (χ3n) is 1.47. The number of alkyl carbamates (subject to hydrolysis) is 1. The Kier molecular flexibility index (Phi) is 6.52. The topological polar surface area (TPSA) is 94.1 Å². The van der Waals surface area contributed by atoms with E-state index in [4.69, 9.17) is 14.6 Å². The second-order valence-electron chi connectivity index (χ2n) is 4.31. The fourth-order valence-electron chi connectivity index (χ4n) is 0.874. The minimum Gasteiger partial charge on any atom is -0.480 e. The van der Waals surface area contributed by atoms with E-state index < -0.39 is 23.7 Å². The molecule has 0 aliphatic carbocycles. The number of hydrogen-bond acceptors (Lipinski definition) is 5. The second-order valence-corrected chi connectivity index (χ2v) is 4.31. The summed E-state index contributed by atoms with van der Waals surface area (Å²) in [6.45, 7) is 4.82. The van der Waals surface area contributed by atoms with E-state index in [1.165, 1.54) is 7.11 Å². The highest BCUT2D eigenvalue weighted by Crippen LogP contribution is 2.06. The van der Waals surface area contributed by atoms with Crippen molar-refractivity contribution in [2.45, 2.75) is 32.4 Å². The van der Waals surface area contributed by atoms with Crippen LogP contribution in [0.3, 0.4) is 0 Å². The van der Waals surface area contributed by atoms with Crippen LogP contribution in [0, 0.1) is 0 Å². The highest BCUT2D eigenvalue weighted by Gasteiger charge is 2.23. The maximum absolute atomic E-state index is 11.3.